The van der Waals surface area contributed by atoms with Crippen molar-refractivity contribution >= 4 is 27.7 Å². The smallest absolute Gasteiger partial charge is 0.0438 e. The fourth-order valence-electron chi connectivity index (χ4n) is 2.16. The molecule has 0 aliphatic heterocycles. The maximum atomic E-state index is 3.52. The summed E-state index contributed by atoms with van der Waals surface area (Å²) in [5, 5.41) is 3.88. The van der Waals surface area contributed by atoms with Gasteiger partial charge < -0.3 is 5.32 Å². The Morgan fingerprint density at radius 1 is 1.05 bits per heavy atom. The molecule has 0 aliphatic carbocycles. The zero-order valence-electron chi connectivity index (χ0n) is 11.1. The highest BCUT2D eigenvalue weighted by molar-refractivity contribution is 9.10. The molecule has 2 unspecified atom stereocenters. The van der Waals surface area contributed by atoms with Gasteiger partial charge in [0, 0.05) is 20.7 Å². The number of benzene rings is 2. The van der Waals surface area contributed by atoms with Crippen LogP contribution in [0.2, 0.25) is 0 Å². The van der Waals surface area contributed by atoms with E-state index in [0.717, 1.165) is 4.47 Å². The van der Waals surface area contributed by atoms with Crippen LogP contribution in [-0.2, 0) is 0 Å². The number of rotatable bonds is 5. The van der Waals surface area contributed by atoms with Crippen molar-refractivity contribution < 1.29 is 0 Å². The van der Waals surface area contributed by atoms with Gasteiger partial charge in [-0.15, -0.1) is 11.8 Å². The Morgan fingerprint density at radius 3 is 2.42 bits per heavy atom. The van der Waals surface area contributed by atoms with Crippen LogP contribution in [0.4, 0.5) is 0 Å². The van der Waals surface area contributed by atoms with Crippen molar-refractivity contribution in [1.29, 1.82) is 0 Å². The van der Waals surface area contributed by atoms with E-state index in [-0.39, 0.29) is 0 Å². The number of hydrogen-bond donors (Lipinski definition) is 1. The highest BCUT2D eigenvalue weighted by atomic mass is 79.9. The van der Waals surface area contributed by atoms with Crippen LogP contribution in [0.5, 0.6) is 0 Å². The Balaban J connectivity index is 2.11. The summed E-state index contributed by atoms with van der Waals surface area (Å²) in [5.41, 5.74) is 1.33. The van der Waals surface area contributed by atoms with Gasteiger partial charge in [-0.2, -0.15) is 0 Å². The molecule has 1 N–H and O–H groups in total. The topological polar surface area (TPSA) is 12.0 Å². The third-order valence-electron chi connectivity index (χ3n) is 3.06. The second kappa shape index (κ2) is 7.13. The molecule has 19 heavy (non-hydrogen) atoms. The molecule has 0 spiro atoms. The Bertz CT molecular complexity index is 515. The van der Waals surface area contributed by atoms with Gasteiger partial charge in [0.25, 0.3) is 0 Å². The molecule has 2 aromatic rings. The van der Waals surface area contributed by atoms with Crippen LogP contribution in [0.15, 0.2) is 64.0 Å². The average Bonchev–Trinajstić information content (AvgIpc) is 2.41. The molecule has 0 radical (unpaired) electrons. The van der Waals surface area contributed by atoms with Crippen molar-refractivity contribution in [3.8, 4) is 0 Å². The van der Waals surface area contributed by atoms with E-state index >= 15 is 0 Å². The molecule has 0 heterocycles. The molecule has 1 nitrogen and oxygen atoms in total. The molecule has 2 rings (SSSR count). The zero-order chi connectivity index (χ0) is 13.7. The lowest BCUT2D eigenvalue weighted by Crippen LogP contribution is -2.25. The fraction of sp³-hybridized carbons (Fsp3) is 0.250. The highest BCUT2D eigenvalue weighted by Crippen LogP contribution is 2.32. The van der Waals surface area contributed by atoms with Crippen LogP contribution in [0, 0.1) is 0 Å². The largest absolute Gasteiger partial charge is 0.312 e. The van der Waals surface area contributed by atoms with Gasteiger partial charge in [0.05, 0.1) is 0 Å². The summed E-state index contributed by atoms with van der Waals surface area (Å²) in [4.78, 5) is 1.29. The first-order chi connectivity index (χ1) is 9.20. The minimum absolute atomic E-state index is 0.352. The molecule has 0 aromatic heterocycles. The van der Waals surface area contributed by atoms with Gasteiger partial charge in [0.2, 0.25) is 0 Å². The maximum Gasteiger partial charge on any atom is 0.0438 e. The molecule has 2 aromatic carbocycles. The molecule has 3 heteroatoms. The zero-order valence-corrected chi connectivity index (χ0v) is 13.5. The highest BCUT2D eigenvalue weighted by Gasteiger charge is 2.18. The van der Waals surface area contributed by atoms with E-state index in [9.17, 15) is 0 Å². The molecule has 0 aliphatic rings. The van der Waals surface area contributed by atoms with Crippen molar-refractivity contribution in [3.63, 3.8) is 0 Å². The minimum Gasteiger partial charge on any atom is -0.312 e. The molecule has 0 amide bonds. The first-order valence-electron chi connectivity index (χ1n) is 6.35. The number of halogens is 1. The summed E-state index contributed by atoms with van der Waals surface area (Å²) in [5.74, 6) is 0. The number of hydrogen-bond acceptors (Lipinski definition) is 2. The van der Waals surface area contributed by atoms with Gasteiger partial charge in [-0.25, -0.2) is 0 Å². The van der Waals surface area contributed by atoms with Gasteiger partial charge in [-0.1, -0.05) is 59.3 Å². The summed E-state index contributed by atoms with van der Waals surface area (Å²) in [6.45, 7) is 2.26. The van der Waals surface area contributed by atoms with Gasteiger partial charge in [-0.05, 0) is 30.8 Å². The van der Waals surface area contributed by atoms with E-state index in [2.05, 4.69) is 82.8 Å². The van der Waals surface area contributed by atoms with Crippen LogP contribution in [0.1, 0.15) is 18.5 Å². The molecule has 0 bridgehead atoms. The first-order valence-corrected chi connectivity index (χ1v) is 8.02. The van der Waals surface area contributed by atoms with E-state index in [0.29, 0.717) is 11.3 Å². The Kier molecular flexibility index (Phi) is 5.49. The SMILES string of the molecule is CNC(c1ccccc1)C(C)Sc1cccc(Br)c1. The van der Waals surface area contributed by atoms with E-state index < -0.39 is 0 Å². The predicted molar refractivity (Wildman–Crippen MR) is 87.7 cm³/mol. The summed E-state index contributed by atoms with van der Waals surface area (Å²) in [7, 11) is 2.02. The molecular weight excluding hydrogens is 318 g/mol. The van der Waals surface area contributed by atoms with E-state index in [1.165, 1.54) is 10.5 Å². The summed E-state index contributed by atoms with van der Waals surface area (Å²) >= 11 is 5.41. The van der Waals surface area contributed by atoms with Crippen molar-refractivity contribution in [3.05, 3.63) is 64.6 Å². The lowest BCUT2D eigenvalue weighted by molar-refractivity contribution is 0.589. The first kappa shape index (κ1) is 14.6. The Labute approximate surface area is 127 Å². The molecular formula is C16H18BrNS. The molecule has 0 fully saturated rings. The standard InChI is InChI=1S/C16H18BrNS/c1-12(19-15-10-6-9-14(17)11-15)16(18-2)13-7-4-3-5-8-13/h3-12,16,18H,1-2H3. The lowest BCUT2D eigenvalue weighted by Gasteiger charge is -2.23. The van der Waals surface area contributed by atoms with Gasteiger partial charge in [0.15, 0.2) is 0 Å². The van der Waals surface area contributed by atoms with Crippen LogP contribution in [0.3, 0.4) is 0 Å². The summed E-state index contributed by atoms with van der Waals surface area (Å²) < 4.78 is 1.13. The summed E-state index contributed by atoms with van der Waals surface area (Å²) in [6, 6.07) is 19.4. The molecule has 0 saturated carbocycles. The third-order valence-corrected chi connectivity index (χ3v) is 4.72. The van der Waals surface area contributed by atoms with Crippen LogP contribution >= 0.6 is 27.7 Å². The Morgan fingerprint density at radius 2 is 1.79 bits per heavy atom. The van der Waals surface area contributed by atoms with E-state index in [1.54, 1.807) is 0 Å². The molecule has 2 atom stereocenters. The van der Waals surface area contributed by atoms with Crippen molar-refractivity contribution in [2.24, 2.45) is 0 Å². The van der Waals surface area contributed by atoms with Gasteiger partial charge in [-0.3, -0.25) is 0 Å². The number of nitrogens with one attached hydrogen (secondary N) is 1. The maximum absolute atomic E-state index is 3.52. The van der Waals surface area contributed by atoms with E-state index in [4.69, 9.17) is 0 Å². The van der Waals surface area contributed by atoms with Crippen LogP contribution < -0.4 is 5.32 Å². The van der Waals surface area contributed by atoms with Crippen molar-refractivity contribution in [2.45, 2.75) is 23.1 Å². The third kappa shape index (κ3) is 4.10. The molecule has 100 valence electrons. The number of thioether (sulfide) groups is 1. The Hall–Kier alpha value is -0.770. The van der Waals surface area contributed by atoms with Crippen LogP contribution in [0.25, 0.3) is 0 Å². The summed E-state index contributed by atoms with van der Waals surface area (Å²) in [6.07, 6.45) is 0. The van der Waals surface area contributed by atoms with E-state index in [1.807, 2.05) is 18.8 Å². The lowest BCUT2D eigenvalue weighted by atomic mass is 10.0. The second-order valence-electron chi connectivity index (χ2n) is 4.46. The fourth-order valence-corrected chi connectivity index (χ4v) is 3.92. The van der Waals surface area contributed by atoms with Gasteiger partial charge in [0.1, 0.15) is 0 Å². The quantitative estimate of drug-likeness (QED) is 0.780. The minimum atomic E-state index is 0.352. The second-order valence-corrected chi connectivity index (χ2v) is 6.82. The monoisotopic (exact) mass is 335 g/mol. The van der Waals surface area contributed by atoms with Crippen molar-refractivity contribution in [1.82, 2.24) is 5.32 Å². The average molecular weight is 336 g/mol. The molecule has 0 saturated heterocycles. The van der Waals surface area contributed by atoms with Crippen molar-refractivity contribution in [2.75, 3.05) is 7.05 Å². The van der Waals surface area contributed by atoms with Gasteiger partial charge >= 0.3 is 0 Å². The van der Waals surface area contributed by atoms with Crippen LogP contribution in [-0.4, -0.2) is 12.3 Å². The predicted octanol–water partition coefficient (Wildman–Crippen LogP) is 4.89. The normalized spacial score (nSPS) is 14.1.